The molecule has 2 rings (SSSR count). The Bertz CT molecular complexity index is 566. The lowest BCUT2D eigenvalue weighted by atomic mass is 10.2. The monoisotopic (exact) mass is 402 g/mol. The summed E-state index contributed by atoms with van der Waals surface area (Å²) in [5.74, 6) is 0.786. The molecule has 0 radical (unpaired) electrons. The standard InChI is InChI=1S/C14H18N4S.HI/c1-10-12(9-17-14(15-2)16-3)19-13(18-10)11-7-5-4-6-8-11;/h4-8H,9H2,1-3H3,(H2,15,16,17);1H. The normalized spacial score (nSPS) is 10.8. The number of halogens is 1. The van der Waals surface area contributed by atoms with Gasteiger partial charge in [-0.25, -0.2) is 4.98 Å². The van der Waals surface area contributed by atoms with Crippen molar-refractivity contribution in [3.05, 3.63) is 40.9 Å². The highest BCUT2D eigenvalue weighted by molar-refractivity contribution is 14.0. The summed E-state index contributed by atoms with van der Waals surface area (Å²) in [6.45, 7) is 2.78. The van der Waals surface area contributed by atoms with Gasteiger partial charge in [0.15, 0.2) is 5.96 Å². The maximum Gasteiger partial charge on any atom is 0.191 e. The topological polar surface area (TPSA) is 49.3 Å². The highest BCUT2D eigenvalue weighted by Crippen LogP contribution is 2.27. The average molecular weight is 402 g/mol. The summed E-state index contributed by atoms with van der Waals surface area (Å²) in [6.07, 6.45) is 0. The summed E-state index contributed by atoms with van der Waals surface area (Å²) in [4.78, 5) is 9.96. The number of aliphatic imine (C=N–C) groups is 1. The molecule has 0 bridgehead atoms. The summed E-state index contributed by atoms with van der Waals surface area (Å²) < 4.78 is 0. The molecule has 0 aliphatic carbocycles. The van der Waals surface area contributed by atoms with E-state index in [4.69, 9.17) is 0 Å². The predicted octanol–water partition coefficient (Wildman–Crippen LogP) is 3.03. The fourth-order valence-corrected chi connectivity index (χ4v) is 2.75. The molecule has 1 aromatic heterocycles. The molecule has 0 fully saturated rings. The van der Waals surface area contributed by atoms with Crippen LogP contribution in [0.15, 0.2) is 35.3 Å². The molecule has 0 aliphatic rings. The maximum atomic E-state index is 4.63. The second-order valence-electron chi connectivity index (χ2n) is 4.07. The highest BCUT2D eigenvalue weighted by atomic mass is 127. The van der Waals surface area contributed by atoms with E-state index in [2.05, 4.69) is 32.7 Å². The molecule has 0 saturated heterocycles. The van der Waals surface area contributed by atoms with Gasteiger partial charge in [0.25, 0.3) is 0 Å². The van der Waals surface area contributed by atoms with Gasteiger partial charge in [-0.2, -0.15) is 0 Å². The summed E-state index contributed by atoms with van der Waals surface area (Å²) in [7, 11) is 3.61. The van der Waals surface area contributed by atoms with Gasteiger partial charge in [0, 0.05) is 24.5 Å². The molecule has 1 aromatic carbocycles. The van der Waals surface area contributed by atoms with Gasteiger partial charge in [-0.1, -0.05) is 30.3 Å². The van der Waals surface area contributed by atoms with E-state index in [1.54, 1.807) is 18.4 Å². The number of hydrogen-bond donors (Lipinski definition) is 2. The van der Waals surface area contributed by atoms with E-state index in [0.29, 0.717) is 0 Å². The zero-order chi connectivity index (χ0) is 13.7. The second kappa shape index (κ2) is 8.21. The van der Waals surface area contributed by atoms with Gasteiger partial charge in [-0.3, -0.25) is 4.99 Å². The number of nitrogens with zero attached hydrogens (tertiary/aromatic N) is 2. The quantitative estimate of drug-likeness (QED) is 0.472. The van der Waals surface area contributed by atoms with Gasteiger partial charge in [0.1, 0.15) is 5.01 Å². The van der Waals surface area contributed by atoms with Crippen molar-refractivity contribution < 1.29 is 0 Å². The summed E-state index contributed by atoms with van der Waals surface area (Å²) in [6, 6.07) is 10.3. The largest absolute Gasteiger partial charge is 0.359 e. The van der Waals surface area contributed by atoms with Crippen LogP contribution in [-0.2, 0) is 6.54 Å². The van der Waals surface area contributed by atoms with Crippen LogP contribution in [0.25, 0.3) is 10.6 Å². The first-order chi connectivity index (χ1) is 9.24. The van der Waals surface area contributed by atoms with Crippen LogP contribution in [0.2, 0.25) is 0 Å². The Labute approximate surface area is 140 Å². The minimum absolute atomic E-state index is 0. The highest BCUT2D eigenvalue weighted by Gasteiger charge is 2.09. The van der Waals surface area contributed by atoms with Crippen molar-refractivity contribution in [3.8, 4) is 10.6 Å². The third kappa shape index (κ3) is 4.17. The molecule has 0 spiro atoms. The number of guanidine groups is 1. The Morgan fingerprint density at radius 3 is 2.60 bits per heavy atom. The van der Waals surface area contributed by atoms with Gasteiger partial charge >= 0.3 is 0 Å². The molecular formula is C14H19IN4S. The van der Waals surface area contributed by atoms with Crippen molar-refractivity contribution in [2.24, 2.45) is 4.99 Å². The van der Waals surface area contributed by atoms with Crippen LogP contribution in [0.3, 0.4) is 0 Å². The lowest BCUT2D eigenvalue weighted by molar-refractivity contribution is 0.870. The molecule has 2 N–H and O–H groups in total. The zero-order valence-corrected chi connectivity index (χ0v) is 15.0. The van der Waals surface area contributed by atoms with Gasteiger partial charge < -0.3 is 10.6 Å². The molecule has 20 heavy (non-hydrogen) atoms. The molecule has 4 nitrogen and oxygen atoms in total. The molecule has 1 heterocycles. The van der Waals surface area contributed by atoms with Crippen molar-refractivity contribution in [1.82, 2.24) is 15.6 Å². The van der Waals surface area contributed by atoms with Crippen molar-refractivity contribution in [3.63, 3.8) is 0 Å². The Morgan fingerprint density at radius 1 is 1.30 bits per heavy atom. The molecule has 0 saturated carbocycles. The number of nitrogens with one attached hydrogen (secondary N) is 2. The van der Waals surface area contributed by atoms with Crippen LogP contribution in [0.4, 0.5) is 0 Å². The molecule has 108 valence electrons. The van der Waals surface area contributed by atoms with Crippen molar-refractivity contribution in [1.29, 1.82) is 0 Å². The summed E-state index contributed by atoms with van der Waals surface area (Å²) >= 11 is 1.72. The lowest BCUT2D eigenvalue weighted by Gasteiger charge is -2.06. The van der Waals surface area contributed by atoms with Gasteiger partial charge in [0.05, 0.1) is 12.2 Å². The fraction of sp³-hybridized carbons (Fsp3) is 0.286. The minimum atomic E-state index is 0. The predicted molar refractivity (Wildman–Crippen MR) is 97.0 cm³/mol. The first kappa shape index (κ1) is 16.9. The van der Waals surface area contributed by atoms with Crippen molar-refractivity contribution >= 4 is 41.3 Å². The fourth-order valence-electron chi connectivity index (χ4n) is 1.74. The number of benzene rings is 1. The van der Waals surface area contributed by atoms with E-state index in [1.165, 1.54) is 10.4 Å². The second-order valence-corrected chi connectivity index (χ2v) is 5.15. The van der Waals surface area contributed by atoms with E-state index in [-0.39, 0.29) is 24.0 Å². The van der Waals surface area contributed by atoms with E-state index in [9.17, 15) is 0 Å². The van der Waals surface area contributed by atoms with Crippen molar-refractivity contribution in [2.75, 3.05) is 14.1 Å². The molecule has 0 unspecified atom stereocenters. The first-order valence-corrected chi connectivity index (χ1v) is 6.96. The Hall–Kier alpha value is -1.15. The van der Waals surface area contributed by atoms with Gasteiger partial charge in [0.2, 0.25) is 0 Å². The van der Waals surface area contributed by atoms with E-state index in [0.717, 1.165) is 23.2 Å². The Balaban J connectivity index is 0.00000200. The van der Waals surface area contributed by atoms with Crippen LogP contribution in [0.5, 0.6) is 0 Å². The van der Waals surface area contributed by atoms with Crippen LogP contribution in [0, 0.1) is 6.92 Å². The SMILES string of the molecule is CN=C(NC)NCc1sc(-c2ccccc2)nc1C.I. The van der Waals surface area contributed by atoms with Crippen molar-refractivity contribution in [2.45, 2.75) is 13.5 Å². The van der Waals surface area contributed by atoms with E-state index in [1.807, 2.05) is 32.2 Å². The lowest BCUT2D eigenvalue weighted by Crippen LogP contribution is -2.33. The summed E-state index contributed by atoms with van der Waals surface area (Å²) in [5.41, 5.74) is 2.24. The molecule has 0 amide bonds. The van der Waals surface area contributed by atoms with E-state index >= 15 is 0 Å². The van der Waals surface area contributed by atoms with Gasteiger partial charge in [-0.05, 0) is 6.92 Å². The number of aromatic nitrogens is 1. The molecule has 2 aromatic rings. The number of thiazole rings is 1. The Kier molecular flexibility index (Phi) is 6.94. The number of aryl methyl sites for hydroxylation is 1. The van der Waals surface area contributed by atoms with Crippen LogP contribution < -0.4 is 10.6 Å². The third-order valence-electron chi connectivity index (χ3n) is 2.79. The first-order valence-electron chi connectivity index (χ1n) is 6.14. The number of rotatable bonds is 3. The molecule has 0 aliphatic heterocycles. The number of hydrogen-bond acceptors (Lipinski definition) is 3. The molecule has 0 atom stereocenters. The van der Waals surface area contributed by atoms with Crippen LogP contribution >= 0.6 is 35.3 Å². The third-order valence-corrected chi connectivity index (χ3v) is 4.00. The van der Waals surface area contributed by atoms with Gasteiger partial charge in [-0.15, -0.1) is 35.3 Å². The minimum Gasteiger partial charge on any atom is -0.359 e. The zero-order valence-electron chi connectivity index (χ0n) is 11.8. The smallest absolute Gasteiger partial charge is 0.191 e. The maximum absolute atomic E-state index is 4.63. The molecular weight excluding hydrogens is 383 g/mol. The summed E-state index contributed by atoms with van der Waals surface area (Å²) in [5, 5.41) is 7.32. The van der Waals surface area contributed by atoms with E-state index < -0.39 is 0 Å². The average Bonchev–Trinajstić information content (AvgIpc) is 2.82. The Morgan fingerprint density at radius 2 is 2.00 bits per heavy atom. The molecule has 6 heteroatoms. The van der Waals surface area contributed by atoms with Crippen LogP contribution in [-0.4, -0.2) is 25.0 Å². The van der Waals surface area contributed by atoms with Crippen LogP contribution in [0.1, 0.15) is 10.6 Å².